The number of aryl methyl sites for hydroxylation is 1. The van der Waals surface area contributed by atoms with Gasteiger partial charge < -0.3 is 10.3 Å². The van der Waals surface area contributed by atoms with Crippen LogP contribution in [-0.2, 0) is 17.1 Å². The van der Waals surface area contributed by atoms with Gasteiger partial charge in [0.05, 0.1) is 22.6 Å². The Morgan fingerprint density at radius 3 is 2.70 bits per heavy atom. The molecule has 3 N–H and O–H groups in total. The number of nitrogens with two attached hydrogens (primary N) is 1. The molecule has 0 aliphatic heterocycles. The number of nitrogens with one attached hydrogen (secondary N) is 1. The third-order valence-corrected chi connectivity index (χ3v) is 4.33. The van der Waals surface area contributed by atoms with E-state index in [2.05, 4.69) is 9.71 Å². The number of nitrogens with zero attached hydrogens (tertiary/aromatic N) is 3. The number of nitrogen functional groups attached to an aromatic ring is 1. The first-order valence-electron chi connectivity index (χ1n) is 5.34. The third-order valence-electron chi connectivity index (χ3n) is 2.51. The van der Waals surface area contributed by atoms with Crippen molar-refractivity contribution in [1.29, 1.82) is 5.26 Å². The van der Waals surface area contributed by atoms with E-state index in [4.69, 9.17) is 22.6 Å². The van der Waals surface area contributed by atoms with Crippen molar-refractivity contribution in [3.63, 3.8) is 0 Å². The van der Waals surface area contributed by atoms with Gasteiger partial charge in [-0.2, -0.15) is 13.7 Å². The van der Waals surface area contributed by atoms with Crippen molar-refractivity contribution in [2.45, 2.75) is 5.03 Å². The minimum absolute atomic E-state index is 0.0975. The summed E-state index contributed by atoms with van der Waals surface area (Å²) >= 11 is 5.85. The van der Waals surface area contributed by atoms with Crippen molar-refractivity contribution in [2.24, 2.45) is 7.05 Å². The molecule has 0 unspecified atom stereocenters. The summed E-state index contributed by atoms with van der Waals surface area (Å²) in [5.74, 6) is -0.0975. The SMILES string of the molecule is Cn1cnc(N)c1S(=O)(=O)Nc1ccc(C#N)c(Cl)c1. The number of halogens is 1. The lowest BCUT2D eigenvalue weighted by molar-refractivity contribution is 0.592. The van der Waals surface area contributed by atoms with Crippen LogP contribution in [0.15, 0.2) is 29.6 Å². The minimum atomic E-state index is -3.88. The maximum atomic E-state index is 12.2. The number of imidazole rings is 1. The highest BCUT2D eigenvalue weighted by molar-refractivity contribution is 7.92. The van der Waals surface area contributed by atoms with Gasteiger partial charge >= 0.3 is 0 Å². The minimum Gasteiger partial charge on any atom is -0.381 e. The van der Waals surface area contributed by atoms with E-state index < -0.39 is 10.0 Å². The first-order valence-corrected chi connectivity index (χ1v) is 7.20. The number of rotatable bonds is 3. The maximum absolute atomic E-state index is 12.2. The predicted octanol–water partition coefficient (Wildman–Crippen LogP) is 1.33. The van der Waals surface area contributed by atoms with Crippen LogP contribution in [0.1, 0.15) is 5.56 Å². The van der Waals surface area contributed by atoms with Gasteiger partial charge in [-0.1, -0.05) is 11.6 Å². The molecule has 9 heteroatoms. The summed E-state index contributed by atoms with van der Waals surface area (Å²) in [6.07, 6.45) is 1.30. The standard InChI is InChI=1S/C11H10ClN5O2S/c1-17-6-15-10(14)11(17)20(18,19)16-8-3-2-7(5-13)9(12)4-8/h2-4,6,16H,14H2,1H3. The van der Waals surface area contributed by atoms with E-state index in [0.29, 0.717) is 0 Å². The monoisotopic (exact) mass is 311 g/mol. The van der Waals surface area contributed by atoms with Crippen LogP contribution in [0.3, 0.4) is 0 Å². The molecule has 1 heterocycles. The highest BCUT2D eigenvalue weighted by Crippen LogP contribution is 2.24. The molecule has 0 saturated carbocycles. The lowest BCUT2D eigenvalue weighted by Gasteiger charge is -2.09. The molecule has 104 valence electrons. The quantitative estimate of drug-likeness (QED) is 0.887. The number of nitriles is 1. The van der Waals surface area contributed by atoms with Crippen LogP contribution < -0.4 is 10.5 Å². The molecule has 0 fully saturated rings. The molecule has 0 bridgehead atoms. The van der Waals surface area contributed by atoms with Crippen LogP contribution in [0.4, 0.5) is 11.5 Å². The molecule has 20 heavy (non-hydrogen) atoms. The summed E-state index contributed by atoms with van der Waals surface area (Å²) in [5.41, 5.74) is 6.03. The van der Waals surface area contributed by atoms with Gasteiger partial charge in [0, 0.05) is 7.05 Å². The Labute approximate surface area is 120 Å². The van der Waals surface area contributed by atoms with E-state index in [-0.39, 0.29) is 27.1 Å². The Morgan fingerprint density at radius 1 is 1.50 bits per heavy atom. The van der Waals surface area contributed by atoms with Crippen molar-refractivity contribution in [1.82, 2.24) is 9.55 Å². The molecule has 7 nitrogen and oxygen atoms in total. The number of sulfonamides is 1. The average molecular weight is 312 g/mol. The van der Waals surface area contributed by atoms with Crippen molar-refractivity contribution < 1.29 is 8.42 Å². The first-order chi connectivity index (χ1) is 9.35. The Bertz CT molecular complexity index is 787. The molecule has 0 aliphatic rings. The summed E-state index contributed by atoms with van der Waals surface area (Å²) in [5, 5.41) is 8.78. The Kier molecular flexibility index (Phi) is 3.57. The van der Waals surface area contributed by atoms with Gasteiger partial charge in [-0.15, -0.1) is 0 Å². The summed E-state index contributed by atoms with van der Waals surface area (Å²) in [4.78, 5) is 3.72. The zero-order valence-corrected chi connectivity index (χ0v) is 11.9. The van der Waals surface area contributed by atoms with E-state index in [0.717, 1.165) is 0 Å². The van der Waals surface area contributed by atoms with Crippen LogP contribution in [0.2, 0.25) is 5.02 Å². The zero-order chi connectivity index (χ0) is 14.9. The number of hydrogen-bond acceptors (Lipinski definition) is 5. The molecule has 2 rings (SSSR count). The molecule has 1 aromatic heterocycles. The predicted molar refractivity (Wildman–Crippen MR) is 74.6 cm³/mol. The second kappa shape index (κ2) is 5.03. The van der Waals surface area contributed by atoms with E-state index in [9.17, 15) is 8.42 Å². The zero-order valence-electron chi connectivity index (χ0n) is 10.3. The smallest absolute Gasteiger partial charge is 0.281 e. The van der Waals surface area contributed by atoms with Gasteiger partial charge in [-0.05, 0) is 18.2 Å². The van der Waals surface area contributed by atoms with Crippen molar-refractivity contribution >= 4 is 33.1 Å². The van der Waals surface area contributed by atoms with Gasteiger partial charge in [0.25, 0.3) is 10.0 Å². The second-order valence-electron chi connectivity index (χ2n) is 3.96. The number of hydrogen-bond donors (Lipinski definition) is 2. The molecule has 0 radical (unpaired) electrons. The van der Waals surface area contributed by atoms with Crippen molar-refractivity contribution in [3.8, 4) is 6.07 Å². The van der Waals surface area contributed by atoms with Crippen LogP contribution in [0, 0.1) is 11.3 Å². The Hall–Kier alpha value is -2.24. The van der Waals surface area contributed by atoms with Crippen molar-refractivity contribution in [3.05, 3.63) is 35.1 Å². The normalized spacial score (nSPS) is 11.1. The van der Waals surface area contributed by atoms with E-state index in [1.807, 2.05) is 6.07 Å². The van der Waals surface area contributed by atoms with Crippen molar-refractivity contribution in [2.75, 3.05) is 10.5 Å². The molecule has 0 amide bonds. The fraction of sp³-hybridized carbons (Fsp3) is 0.0909. The average Bonchev–Trinajstić information content (AvgIpc) is 2.69. The van der Waals surface area contributed by atoms with E-state index >= 15 is 0 Å². The fourth-order valence-electron chi connectivity index (χ4n) is 1.64. The van der Waals surface area contributed by atoms with Crippen LogP contribution >= 0.6 is 11.6 Å². The third kappa shape index (κ3) is 2.54. The highest BCUT2D eigenvalue weighted by Gasteiger charge is 2.22. The summed E-state index contributed by atoms with van der Waals surface area (Å²) in [6, 6.07) is 6.10. The fourth-order valence-corrected chi connectivity index (χ4v) is 3.15. The maximum Gasteiger partial charge on any atom is 0.281 e. The lowest BCUT2D eigenvalue weighted by Crippen LogP contribution is -2.17. The lowest BCUT2D eigenvalue weighted by atomic mass is 10.2. The topological polar surface area (TPSA) is 114 Å². The molecule has 1 aromatic carbocycles. The summed E-state index contributed by atoms with van der Waals surface area (Å²) in [6.45, 7) is 0. The summed E-state index contributed by atoms with van der Waals surface area (Å²) in [7, 11) is -2.37. The molecule has 0 aliphatic carbocycles. The molecular weight excluding hydrogens is 302 g/mol. The van der Waals surface area contributed by atoms with Gasteiger partial charge in [0.15, 0.2) is 10.8 Å². The van der Waals surface area contributed by atoms with Gasteiger partial charge in [0.2, 0.25) is 0 Å². The van der Waals surface area contributed by atoms with Crippen LogP contribution in [-0.4, -0.2) is 18.0 Å². The largest absolute Gasteiger partial charge is 0.381 e. The Balaban J connectivity index is 2.39. The van der Waals surface area contributed by atoms with Crippen LogP contribution in [0.25, 0.3) is 0 Å². The highest BCUT2D eigenvalue weighted by atomic mass is 35.5. The van der Waals surface area contributed by atoms with Gasteiger partial charge in [-0.25, -0.2) is 4.98 Å². The van der Waals surface area contributed by atoms with E-state index in [1.54, 1.807) is 0 Å². The molecule has 2 aromatic rings. The number of benzene rings is 1. The second-order valence-corrected chi connectivity index (χ2v) is 5.96. The molecule has 0 atom stereocenters. The van der Waals surface area contributed by atoms with Crippen LogP contribution in [0.5, 0.6) is 0 Å². The molecular formula is C11H10ClN5O2S. The number of aromatic nitrogens is 2. The van der Waals surface area contributed by atoms with Gasteiger partial charge in [0.1, 0.15) is 6.07 Å². The van der Waals surface area contributed by atoms with Gasteiger partial charge in [-0.3, -0.25) is 4.72 Å². The molecule has 0 spiro atoms. The first kappa shape index (κ1) is 14.2. The van der Waals surface area contributed by atoms with E-state index in [1.165, 1.54) is 36.1 Å². The summed E-state index contributed by atoms with van der Waals surface area (Å²) < 4.78 is 28.0. The Morgan fingerprint density at radius 2 is 2.20 bits per heavy atom. The molecule has 0 saturated heterocycles. The number of anilines is 2.